The SMILES string of the molecule is Cc1cc(C)c(Cn2c(CC3CCCC3)nc3c(C(N)=O)cc(-c4ccc(N5CCN(C)CC5)nc4)cc32)c(=O)[nH]1. The van der Waals surface area contributed by atoms with Gasteiger partial charge in [0.15, 0.2) is 0 Å². The van der Waals surface area contributed by atoms with Gasteiger partial charge in [0.2, 0.25) is 0 Å². The molecule has 0 unspecified atom stereocenters. The third-order valence-corrected chi connectivity index (χ3v) is 8.86. The highest BCUT2D eigenvalue weighted by Gasteiger charge is 2.24. The number of nitrogens with two attached hydrogens (primary N) is 1. The number of imidazole rings is 1. The molecule has 3 N–H and O–H groups in total. The fourth-order valence-electron chi connectivity index (χ4n) is 6.45. The molecule has 0 atom stereocenters. The van der Waals surface area contributed by atoms with Crippen LogP contribution in [0.3, 0.4) is 0 Å². The summed E-state index contributed by atoms with van der Waals surface area (Å²) >= 11 is 0. The average Bonchev–Trinajstić information content (AvgIpc) is 3.58. The van der Waals surface area contributed by atoms with Gasteiger partial charge < -0.3 is 25.1 Å². The van der Waals surface area contributed by atoms with Crippen LogP contribution in [0.25, 0.3) is 22.2 Å². The van der Waals surface area contributed by atoms with Crippen molar-refractivity contribution in [2.75, 3.05) is 38.1 Å². The number of likely N-dealkylation sites (N-methyl/N-ethyl adjacent to an activating group) is 1. The van der Waals surface area contributed by atoms with Crippen molar-refractivity contribution in [3.63, 3.8) is 0 Å². The maximum atomic E-state index is 13.0. The first-order valence-corrected chi connectivity index (χ1v) is 14.7. The number of aromatic nitrogens is 4. The van der Waals surface area contributed by atoms with E-state index in [9.17, 15) is 9.59 Å². The van der Waals surface area contributed by atoms with Crippen LogP contribution in [-0.2, 0) is 13.0 Å². The van der Waals surface area contributed by atoms with Crippen LogP contribution in [-0.4, -0.2) is 63.6 Å². The van der Waals surface area contributed by atoms with Gasteiger partial charge in [-0.25, -0.2) is 9.97 Å². The van der Waals surface area contributed by atoms with Crippen LogP contribution in [0.15, 0.2) is 41.3 Å². The lowest BCUT2D eigenvalue weighted by Gasteiger charge is -2.33. The van der Waals surface area contributed by atoms with E-state index >= 15 is 0 Å². The molecule has 1 saturated carbocycles. The lowest BCUT2D eigenvalue weighted by Crippen LogP contribution is -2.44. The number of aryl methyl sites for hydroxylation is 2. The van der Waals surface area contributed by atoms with Gasteiger partial charge in [0.05, 0.1) is 17.6 Å². The number of pyridine rings is 2. The maximum absolute atomic E-state index is 13.0. The van der Waals surface area contributed by atoms with Gasteiger partial charge in [0.25, 0.3) is 11.5 Å². The number of carbonyl (C=O) groups excluding carboxylic acids is 1. The summed E-state index contributed by atoms with van der Waals surface area (Å²) < 4.78 is 2.13. The van der Waals surface area contributed by atoms with Gasteiger partial charge in [0.1, 0.15) is 17.2 Å². The number of primary amides is 1. The molecule has 214 valence electrons. The van der Waals surface area contributed by atoms with Crippen LogP contribution in [0, 0.1) is 19.8 Å². The third kappa shape index (κ3) is 5.51. The Bertz CT molecular complexity index is 1640. The van der Waals surface area contributed by atoms with E-state index in [4.69, 9.17) is 15.7 Å². The molecule has 0 radical (unpaired) electrons. The summed E-state index contributed by atoms with van der Waals surface area (Å²) in [5, 5.41) is 0. The molecule has 3 aromatic heterocycles. The summed E-state index contributed by atoms with van der Waals surface area (Å²) in [5.41, 5.74) is 11.9. The van der Waals surface area contributed by atoms with E-state index in [2.05, 4.69) is 38.5 Å². The number of hydrogen-bond acceptors (Lipinski definition) is 6. The van der Waals surface area contributed by atoms with Gasteiger partial charge in [-0.05, 0) is 68.3 Å². The minimum Gasteiger partial charge on any atom is -0.366 e. The summed E-state index contributed by atoms with van der Waals surface area (Å²) in [6, 6.07) is 10.0. The summed E-state index contributed by atoms with van der Waals surface area (Å²) in [4.78, 5) is 43.2. The summed E-state index contributed by atoms with van der Waals surface area (Å²) in [6.07, 6.45) is 7.49. The highest BCUT2D eigenvalue weighted by molar-refractivity contribution is 6.06. The number of carbonyl (C=O) groups is 1. The van der Waals surface area contributed by atoms with Crippen molar-refractivity contribution >= 4 is 22.8 Å². The lowest BCUT2D eigenvalue weighted by atomic mass is 10.0. The van der Waals surface area contributed by atoms with E-state index < -0.39 is 5.91 Å². The topological polar surface area (TPSA) is 113 Å². The Kier molecular flexibility index (Phi) is 7.38. The number of hydrogen-bond donors (Lipinski definition) is 2. The average molecular weight is 554 g/mol. The number of anilines is 1. The lowest BCUT2D eigenvalue weighted by molar-refractivity contribution is 0.100. The fraction of sp³-hybridized carbons (Fsp3) is 0.438. The highest BCUT2D eigenvalue weighted by Crippen LogP contribution is 2.33. The minimum absolute atomic E-state index is 0.0915. The van der Waals surface area contributed by atoms with E-state index in [-0.39, 0.29) is 5.56 Å². The molecule has 2 fully saturated rings. The van der Waals surface area contributed by atoms with E-state index in [1.54, 1.807) is 0 Å². The Hall–Kier alpha value is -3.98. The number of nitrogens with one attached hydrogen (secondary N) is 1. The number of fused-ring (bicyclic) bond motifs is 1. The first-order chi connectivity index (χ1) is 19.8. The zero-order valence-corrected chi connectivity index (χ0v) is 24.2. The maximum Gasteiger partial charge on any atom is 0.253 e. The molecular weight excluding hydrogens is 514 g/mol. The smallest absolute Gasteiger partial charge is 0.253 e. The molecule has 2 aliphatic rings. The zero-order chi connectivity index (χ0) is 28.7. The first kappa shape index (κ1) is 27.2. The molecule has 9 nitrogen and oxygen atoms in total. The molecule has 4 heterocycles. The normalized spacial score (nSPS) is 16.6. The number of nitrogens with zero attached hydrogens (tertiary/aromatic N) is 5. The van der Waals surface area contributed by atoms with Crippen molar-refractivity contribution in [1.29, 1.82) is 0 Å². The monoisotopic (exact) mass is 553 g/mol. The van der Waals surface area contributed by atoms with Crippen molar-refractivity contribution in [3.8, 4) is 11.1 Å². The van der Waals surface area contributed by atoms with E-state index in [0.29, 0.717) is 29.1 Å². The van der Waals surface area contributed by atoms with Gasteiger partial charge in [-0.15, -0.1) is 0 Å². The number of H-pyrrole nitrogens is 1. The van der Waals surface area contributed by atoms with Crippen LogP contribution in [0.2, 0.25) is 0 Å². The third-order valence-electron chi connectivity index (χ3n) is 8.86. The molecule has 1 saturated heterocycles. The second kappa shape index (κ2) is 11.1. The van der Waals surface area contributed by atoms with Crippen LogP contribution in [0.4, 0.5) is 5.82 Å². The molecular formula is C32H39N7O2. The van der Waals surface area contributed by atoms with Gasteiger partial charge in [-0.1, -0.05) is 25.7 Å². The quantitative estimate of drug-likeness (QED) is 0.357. The molecule has 1 aromatic carbocycles. The van der Waals surface area contributed by atoms with Crippen LogP contribution >= 0.6 is 0 Å². The van der Waals surface area contributed by atoms with E-state index in [1.807, 2.05) is 38.2 Å². The summed E-state index contributed by atoms with van der Waals surface area (Å²) in [7, 11) is 2.14. The van der Waals surface area contributed by atoms with Gasteiger partial charge >= 0.3 is 0 Å². The summed E-state index contributed by atoms with van der Waals surface area (Å²) in [6.45, 7) is 8.16. The Labute approximate surface area is 240 Å². The number of piperazine rings is 1. The fourth-order valence-corrected chi connectivity index (χ4v) is 6.45. The Morgan fingerprint density at radius 3 is 2.46 bits per heavy atom. The van der Waals surface area contributed by atoms with Crippen LogP contribution < -0.4 is 16.2 Å². The van der Waals surface area contributed by atoms with Gasteiger partial charge in [-0.3, -0.25) is 9.59 Å². The van der Waals surface area contributed by atoms with Crippen molar-refractivity contribution in [2.45, 2.75) is 52.5 Å². The Morgan fingerprint density at radius 1 is 1.05 bits per heavy atom. The van der Waals surface area contributed by atoms with Crippen molar-refractivity contribution in [1.82, 2.24) is 24.4 Å². The number of benzene rings is 1. The molecule has 1 aliphatic heterocycles. The second-order valence-electron chi connectivity index (χ2n) is 11.9. The van der Waals surface area contributed by atoms with Crippen LogP contribution in [0.5, 0.6) is 0 Å². The Morgan fingerprint density at radius 2 is 1.80 bits per heavy atom. The highest BCUT2D eigenvalue weighted by atomic mass is 16.1. The van der Waals surface area contributed by atoms with E-state index in [0.717, 1.165) is 72.1 Å². The number of aromatic amines is 1. The number of rotatable bonds is 7. The molecule has 1 aliphatic carbocycles. The second-order valence-corrected chi connectivity index (χ2v) is 11.9. The molecule has 4 aromatic rings. The largest absolute Gasteiger partial charge is 0.366 e. The van der Waals surface area contributed by atoms with E-state index in [1.165, 1.54) is 25.7 Å². The molecule has 0 bridgehead atoms. The zero-order valence-electron chi connectivity index (χ0n) is 24.2. The molecule has 1 amide bonds. The number of amides is 1. The summed E-state index contributed by atoms with van der Waals surface area (Å²) in [5.74, 6) is 1.89. The predicted molar refractivity (Wildman–Crippen MR) is 162 cm³/mol. The molecule has 9 heteroatoms. The molecule has 6 rings (SSSR count). The van der Waals surface area contributed by atoms with Crippen LogP contribution in [0.1, 0.15) is 58.7 Å². The first-order valence-electron chi connectivity index (χ1n) is 14.7. The minimum atomic E-state index is -0.514. The van der Waals surface area contributed by atoms with Crippen molar-refractivity contribution in [3.05, 3.63) is 75.1 Å². The van der Waals surface area contributed by atoms with Crippen molar-refractivity contribution in [2.24, 2.45) is 11.7 Å². The standard InChI is InChI=1S/C32H39N7O2/c1-20-14-21(2)35-32(41)26(20)19-39-27-17-24(23-8-9-28(34-18-23)38-12-10-37(3)11-13-38)16-25(31(33)40)30(27)36-29(39)15-22-6-4-5-7-22/h8-9,14,16-18,22H,4-7,10-13,15,19H2,1-3H3,(H2,33,40)(H,35,41). The van der Waals surface area contributed by atoms with Gasteiger partial charge in [0, 0.05) is 55.6 Å². The molecule has 41 heavy (non-hydrogen) atoms. The van der Waals surface area contributed by atoms with Gasteiger partial charge in [-0.2, -0.15) is 0 Å². The Balaban J connectivity index is 1.45. The predicted octanol–water partition coefficient (Wildman–Crippen LogP) is 4.04. The molecule has 0 spiro atoms. The van der Waals surface area contributed by atoms with Crippen molar-refractivity contribution < 1.29 is 4.79 Å².